The average Bonchev–Trinajstić information content (AvgIpc) is 3.09. The number of piperazine rings is 1. The van der Waals surface area contributed by atoms with Gasteiger partial charge in [-0.2, -0.15) is 0 Å². The summed E-state index contributed by atoms with van der Waals surface area (Å²) >= 11 is 0. The van der Waals surface area contributed by atoms with Gasteiger partial charge in [-0.1, -0.05) is 12.8 Å². The molecule has 3 rings (SSSR count). The van der Waals surface area contributed by atoms with E-state index >= 15 is 0 Å². The third-order valence-corrected chi connectivity index (χ3v) is 4.71. The first-order valence-corrected chi connectivity index (χ1v) is 8.20. The third kappa shape index (κ3) is 3.15. The normalized spacial score (nSPS) is 19.5. The van der Waals surface area contributed by atoms with E-state index in [9.17, 15) is 4.79 Å². The number of rotatable bonds is 3. The molecule has 6 nitrogen and oxygen atoms in total. The lowest BCUT2D eigenvalue weighted by Crippen LogP contribution is -2.50. The van der Waals surface area contributed by atoms with Crippen LogP contribution in [0.15, 0.2) is 12.1 Å². The van der Waals surface area contributed by atoms with Crippen molar-refractivity contribution in [2.45, 2.75) is 25.7 Å². The molecule has 1 aliphatic carbocycles. The van der Waals surface area contributed by atoms with E-state index in [-0.39, 0.29) is 5.92 Å². The van der Waals surface area contributed by atoms with Crippen molar-refractivity contribution in [3.8, 4) is 0 Å². The molecule has 1 amide bonds. The van der Waals surface area contributed by atoms with Crippen molar-refractivity contribution >= 4 is 17.5 Å². The van der Waals surface area contributed by atoms with Crippen LogP contribution >= 0.6 is 0 Å². The summed E-state index contributed by atoms with van der Waals surface area (Å²) in [6, 6.07) is 4.00. The second kappa shape index (κ2) is 6.50. The van der Waals surface area contributed by atoms with Gasteiger partial charge in [0.25, 0.3) is 0 Å². The monoisotopic (exact) mass is 303 g/mol. The maximum Gasteiger partial charge on any atom is 0.225 e. The number of hydrogen-bond acceptors (Lipinski definition) is 5. The summed E-state index contributed by atoms with van der Waals surface area (Å²) in [4.78, 5) is 18.6. The van der Waals surface area contributed by atoms with Crippen LogP contribution in [0.5, 0.6) is 0 Å². The highest BCUT2D eigenvalue weighted by molar-refractivity contribution is 5.79. The first-order chi connectivity index (χ1) is 10.6. The van der Waals surface area contributed by atoms with Crippen LogP contribution in [-0.4, -0.2) is 61.3 Å². The number of nitrogens with zero attached hydrogens (tertiary/aromatic N) is 5. The van der Waals surface area contributed by atoms with Crippen molar-refractivity contribution in [1.29, 1.82) is 0 Å². The van der Waals surface area contributed by atoms with Gasteiger partial charge in [0.1, 0.15) is 0 Å². The molecule has 1 aromatic rings. The third-order valence-electron chi connectivity index (χ3n) is 4.71. The Balaban J connectivity index is 1.55. The fourth-order valence-corrected chi connectivity index (χ4v) is 3.31. The van der Waals surface area contributed by atoms with E-state index < -0.39 is 0 Å². The van der Waals surface area contributed by atoms with E-state index in [4.69, 9.17) is 0 Å². The largest absolute Gasteiger partial charge is 0.361 e. The Morgan fingerprint density at radius 3 is 2.32 bits per heavy atom. The van der Waals surface area contributed by atoms with E-state index in [2.05, 4.69) is 15.1 Å². The highest BCUT2D eigenvalue weighted by atomic mass is 16.2. The zero-order valence-electron chi connectivity index (χ0n) is 13.5. The van der Waals surface area contributed by atoms with Crippen LogP contribution in [0.1, 0.15) is 25.7 Å². The molecule has 6 heteroatoms. The second-order valence-corrected chi connectivity index (χ2v) is 6.44. The minimum Gasteiger partial charge on any atom is -0.361 e. The predicted molar refractivity (Wildman–Crippen MR) is 87.1 cm³/mol. The van der Waals surface area contributed by atoms with Crippen LogP contribution in [0, 0.1) is 5.92 Å². The maximum absolute atomic E-state index is 12.4. The molecule has 1 saturated carbocycles. The molecule has 2 heterocycles. The number of hydrogen-bond donors (Lipinski definition) is 0. The number of anilines is 2. The Bertz CT molecular complexity index is 502. The highest BCUT2D eigenvalue weighted by Crippen LogP contribution is 2.27. The Hall–Kier alpha value is -1.85. The van der Waals surface area contributed by atoms with Crippen LogP contribution in [-0.2, 0) is 4.79 Å². The lowest BCUT2D eigenvalue weighted by molar-refractivity contribution is -0.135. The molecule has 0 atom stereocenters. The fourth-order valence-electron chi connectivity index (χ4n) is 3.31. The molecule has 22 heavy (non-hydrogen) atoms. The minimum atomic E-state index is 0.283. The lowest BCUT2D eigenvalue weighted by Gasteiger charge is -2.36. The number of amides is 1. The van der Waals surface area contributed by atoms with Crippen LogP contribution < -0.4 is 9.80 Å². The van der Waals surface area contributed by atoms with Crippen molar-refractivity contribution in [3.63, 3.8) is 0 Å². The van der Waals surface area contributed by atoms with Gasteiger partial charge in [-0.3, -0.25) is 4.79 Å². The van der Waals surface area contributed by atoms with E-state index in [0.717, 1.165) is 50.7 Å². The first-order valence-electron chi connectivity index (χ1n) is 8.20. The Kier molecular flexibility index (Phi) is 4.45. The minimum absolute atomic E-state index is 0.283. The molecule has 0 bridgehead atoms. The van der Waals surface area contributed by atoms with Gasteiger partial charge >= 0.3 is 0 Å². The van der Waals surface area contributed by atoms with Gasteiger partial charge < -0.3 is 14.7 Å². The van der Waals surface area contributed by atoms with Gasteiger partial charge in [-0.15, -0.1) is 10.2 Å². The molecule has 0 spiro atoms. The van der Waals surface area contributed by atoms with Crippen molar-refractivity contribution in [1.82, 2.24) is 15.1 Å². The number of carbonyl (C=O) groups excluding carboxylic acids is 1. The molecule has 1 saturated heterocycles. The zero-order chi connectivity index (χ0) is 15.5. The molecule has 0 unspecified atom stereocenters. The molecule has 0 N–H and O–H groups in total. The SMILES string of the molecule is CN(C)c1ccc(N2CCN(C(=O)C3CCCC3)CC2)nn1. The van der Waals surface area contributed by atoms with Crippen LogP contribution in [0.4, 0.5) is 11.6 Å². The van der Waals surface area contributed by atoms with Gasteiger partial charge in [0, 0.05) is 46.2 Å². The number of carbonyl (C=O) groups is 1. The highest BCUT2D eigenvalue weighted by Gasteiger charge is 2.29. The molecule has 1 aliphatic heterocycles. The first kappa shape index (κ1) is 15.1. The zero-order valence-corrected chi connectivity index (χ0v) is 13.5. The van der Waals surface area contributed by atoms with E-state index in [0.29, 0.717) is 5.91 Å². The van der Waals surface area contributed by atoms with Crippen molar-refractivity contribution in [2.24, 2.45) is 5.92 Å². The molecular weight excluding hydrogens is 278 g/mol. The van der Waals surface area contributed by atoms with Crippen molar-refractivity contribution in [2.75, 3.05) is 50.1 Å². The Morgan fingerprint density at radius 1 is 1.09 bits per heavy atom. The van der Waals surface area contributed by atoms with Crippen LogP contribution in [0.25, 0.3) is 0 Å². The van der Waals surface area contributed by atoms with Gasteiger partial charge in [-0.05, 0) is 25.0 Å². The molecule has 2 aliphatic rings. The standard InChI is InChI=1S/C16H25N5O/c1-19(2)14-7-8-15(18-17-14)20-9-11-21(12-10-20)16(22)13-5-3-4-6-13/h7-8,13H,3-6,9-12H2,1-2H3. The van der Waals surface area contributed by atoms with Gasteiger partial charge in [-0.25, -0.2) is 0 Å². The molecule has 120 valence electrons. The van der Waals surface area contributed by atoms with Gasteiger partial charge in [0.15, 0.2) is 11.6 Å². The summed E-state index contributed by atoms with van der Waals surface area (Å²) in [7, 11) is 3.91. The van der Waals surface area contributed by atoms with Gasteiger partial charge in [0.05, 0.1) is 0 Å². The quantitative estimate of drug-likeness (QED) is 0.844. The summed E-state index contributed by atoms with van der Waals surface area (Å²) in [6.45, 7) is 3.28. The maximum atomic E-state index is 12.4. The van der Waals surface area contributed by atoms with Crippen LogP contribution in [0.3, 0.4) is 0 Å². The van der Waals surface area contributed by atoms with E-state index in [1.807, 2.05) is 36.0 Å². The second-order valence-electron chi connectivity index (χ2n) is 6.44. The number of aromatic nitrogens is 2. The summed E-state index contributed by atoms with van der Waals surface area (Å²) in [5, 5.41) is 8.53. The molecule has 0 aromatic carbocycles. The van der Waals surface area contributed by atoms with Gasteiger partial charge in [0.2, 0.25) is 5.91 Å². The molecule has 1 aromatic heterocycles. The van der Waals surface area contributed by atoms with E-state index in [1.165, 1.54) is 12.8 Å². The molecule has 0 radical (unpaired) electrons. The Morgan fingerprint density at radius 2 is 1.77 bits per heavy atom. The average molecular weight is 303 g/mol. The topological polar surface area (TPSA) is 52.6 Å². The summed E-state index contributed by atoms with van der Waals surface area (Å²) < 4.78 is 0. The van der Waals surface area contributed by atoms with Crippen LogP contribution in [0.2, 0.25) is 0 Å². The van der Waals surface area contributed by atoms with E-state index in [1.54, 1.807) is 0 Å². The summed E-state index contributed by atoms with van der Waals surface area (Å²) in [5.41, 5.74) is 0. The predicted octanol–water partition coefficient (Wildman–Crippen LogP) is 1.38. The molecular formula is C16H25N5O. The van der Waals surface area contributed by atoms with Crippen molar-refractivity contribution < 1.29 is 4.79 Å². The Labute approximate surface area is 132 Å². The summed E-state index contributed by atoms with van der Waals surface area (Å²) in [5.74, 6) is 2.41. The van der Waals surface area contributed by atoms with Crippen molar-refractivity contribution in [3.05, 3.63) is 12.1 Å². The smallest absolute Gasteiger partial charge is 0.225 e. The summed E-state index contributed by atoms with van der Waals surface area (Å²) in [6.07, 6.45) is 4.58. The molecule has 2 fully saturated rings. The fraction of sp³-hybridized carbons (Fsp3) is 0.688. The lowest BCUT2D eigenvalue weighted by atomic mass is 10.1.